The van der Waals surface area contributed by atoms with Gasteiger partial charge in [0.05, 0.1) is 0 Å². The van der Waals surface area contributed by atoms with E-state index in [0.717, 1.165) is 25.7 Å². The largest absolute Gasteiger partial charge is 0.457 e. The molecule has 0 saturated carbocycles. The van der Waals surface area contributed by atoms with Crippen molar-refractivity contribution in [2.75, 3.05) is 0 Å². The van der Waals surface area contributed by atoms with Crippen LogP contribution < -0.4 is 0 Å². The van der Waals surface area contributed by atoms with Crippen molar-refractivity contribution in [3.05, 3.63) is 24.3 Å². The summed E-state index contributed by atoms with van der Waals surface area (Å²) in [6.07, 6.45) is 13.3. The zero-order valence-corrected chi connectivity index (χ0v) is 11.7. The third-order valence-corrected chi connectivity index (χ3v) is 2.05. The molecule has 17 heavy (non-hydrogen) atoms. The van der Waals surface area contributed by atoms with Crippen molar-refractivity contribution >= 4 is 5.97 Å². The fourth-order valence-corrected chi connectivity index (χ4v) is 1.32. The minimum atomic E-state index is -0.396. The molecule has 0 bridgehead atoms. The second kappa shape index (κ2) is 9.03. The third kappa shape index (κ3) is 12.9. The van der Waals surface area contributed by atoms with Crippen LogP contribution in [0.2, 0.25) is 0 Å². The van der Waals surface area contributed by atoms with E-state index in [1.54, 1.807) is 0 Å². The molecule has 0 aliphatic rings. The lowest BCUT2D eigenvalue weighted by molar-refractivity contribution is -0.148. The summed E-state index contributed by atoms with van der Waals surface area (Å²) in [6.45, 7) is 7.76. The number of carbonyl (C=O) groups excluding carboxylic acids is 1. The second-order valence-electron chi connectivity index (χ2n) is 5.10. The van der Waals surface area contributed by atoms with Gasteiger partial charge >= 0.3 is 5.97 Å². The molecule has 2 heteroatoms. The molecule has 0 aliphatic carbocycles. The topological polar surface area (TPSA) is 26.3 Å². The molecule has 0 radical (unpaired) electrons. The lowest BCUT2D eigenvalue weighted by Gasteiger charge is -2.17. The quantitative estimate of drug-likeness (QED) is 0.284. The van der Waals surface area contributed by atoms with Crippen LogP contribution in [0.15, 0.2) is 24.3 Å². The SMILES string of the molecule is CC/C=C/CCCC/C=C/C(=O)OC(C)(C)C. The Hall–Kier alpha value is -1.05. The van der Waals surface area contributed by atoms with Crippen molar-refractivity contribution in [3.63, 3.8) is 0 Å². The van der Waals surface area contributed by atoms with Crippen LogP contribution in [0.25, 0.3) is 0 Å². The number of hydrogen-bond donors (Lipinski definition) is 0. The van der Waals surface area contributed by atoms with E-state index in [-0.39, 0.29) is 5.97 Å². The second-order valence-corrected chi connectivity index (χ2v) is 5.10. The number of rotatable bonds is 7. The maximum atomic E-state index is 11.3. The molecule has 0 aromatic rings. The maximum Gasteiger partial charge on any atom is 0.330 e. The molecule has 0 amide bonds. The van der Waals surface area contributed by atoms with Gasteiger partial charge < -0.3 is 4.74 Å². The molecule has 0 rings (SSSR count). The minimum Gasteiger partial charge on any atom is -0.457 e. The fraction of sp³-hybridized carbons (Fsp3) is 0.667. The Bertz CT molecular complexity index is 257. The molecule has 0 aromatic heterocycles. The van der Waals surface area contributed by atoms with Gasteiger partial charge in [-0.3, -0.25) is 0 Å². The van der Waals surface area contributed by atoms with Gasteiger partial charge in [-0.15, -0.1) is 0 Å². The number of allylic oxidation sites excluding steroid dienone is 3. The summed E-state index contributed by atoms with van der Waals surface area (Å²) in [7, 11) is 0. The van der Waals surface area contributed by atoms with Crippen molar-refractivity contribution in [1.29, 1.82) is 0 Å². The number of unbranched alkanes of at least 4 members (excludes halogenated alkanes) is 3. The summed E-state index contributed by atoms with van der Waals surface area (Å²) < 4.78 is 5.16. The van der Waals surface area contributed by atoms with Gasteiger partial charge in [0.2, 0.25) is 0 Å². The lowest BCUT2D eigenvalue weighted by atomic mass is 10.1. The Morgan fingerprint density at radius 1 is 1.06 bits per heavy atom. The van der Waals surface area contributed by atoms with Crippen LogP contribution in [0.3, 0.4) is 0 Å². The van der Waals surface area contributed by atoms with Crippen molar-refractivity contribution in [2.45, 2.75) is 65.4 Å². The summed E-state index contributed by atoms with van der Waals surface area (Å²) in [5.41, 5.74) is -0.396. The van der Waals surface area contributed by atoms with Gasteiger partial charge in [0.15, 0.2) is 0 Å². The fourth-order valence-electron chi connectivity index (χ4n) is 1.32. The molecule has 0 aliphatic heterocycles. The average Bonchev–Trinajstić information content (AvgIpc) is 2.19. The summed E-state index contributed by atoms with van der Waals surface area (Å²) in [5.74, 6) is -0.247. The summed E-state index contributed by atoms with van der Waals surface area (Å²) in [4.78, 5) is 11.3. The molecule has 0 aromatic carbocycles. The van der Waals surface area contributed by atoms with Crippen molar-refractivity contribution in [3.8, 4) is 0 Å². The first kappa shape index (κ1) is 16.0. The number of esters is 1. The first-order valence-corrected chi connectivity index (χ1v) is 6.50. The maximum absolute atomic E-state index is 11.3. The van der Waals surface area contributed by atoms with E-state index in [1.807, 2.05) is 26.8 Å². The van der Waals surface area contributed by atoms with E-state index >= 15 is 0 Å². The van der Waals surface area contributed by atoms with E-state index in [4.69, 9.17) is 4.74 Å². The summed E-state index contributed by atoms with van der Waals surface area (Å²) >= 11 is 0. The highest BCUT2D eigenvalue weighted by atomic mass is 16.6. The van der Waals surface area contributed by atoms with E-state index in [0.29, 0.717) is 0 Å². The van der Waals surface area contributed by atoms with Gasteiger partial charge in [0.25, 0.3) is 0 Å². The van der Waals surface area contributed by atoms with Crippen LogP contribution in [0.1, 0.15) is 59.8 Å². The van der Waals surface area contributed by atoms with Crippen LogP contribution in [-0.2, 0) is 9.53 Å². The zero-order valence-electron chi connectivity index (χ0n) is 11.7. The summed E-state index contributed by atoms with van der Waals surface area (Å²) in [5, 5.41) is 0. The standard InChI is InChI=1S/C15H26O2/c1-5-6-7-8-9-10-11-12-13-14(16)17-15(2,3)4/h6-7,12-13H,5,8-11H2,1-4H3/b7-6+,13-12+. The molecule has 0 fully saturated rings. The molecule has 0 heterocycles. The molecule has 2 nitrogen and oxygen atoms in total. The van der Waals surface area contributed by atoms with Gasteiger partial charge in [0, 0.05) is 6.08 Å². The molecule has 0 unspecified atom stereocenters. The van der Waals surface area contributed by atoms with Crippen LogP contribution >= 0.6 is 0 Å². The summed E-state index contributed by atoms with van der Waals surface area (Å²) in [6, 6.07) is 0. The predicted molar refractivity (Wildman–Crippen MR) is 72.9 cm³/mol. The molecular formula is C15H26O2. The van der Waals surface area contributed by atoms with Gasteiger partial charge in [-0.1, -0.05) is 25.2 Å². The highest BCUT2D eigenvalue weighted by Crippen LogP contribution is 2.08. The number of ether oxygens (including phenoxy) is 1. The molecule has 0 saturated heterocycles. The number of carbonyl (C=O) groups is 1. The van der Waals surface area contributed by atoms with Crippen LogP contribution in [0, 0.1) is 0 Å². The van der Waals surface area contributed by atoms with Crippen LogP contribution in [-0.4, -0.2) is 11.6 Å². The van der Waals surface area contributed by atoms with E-state index in [1.165, 1.54) is 12.5 Å². The van der Waals surface area contributed by atoms with E-state index in [9.17, 15) is 4.79 Å². The number of hydrogen-bond acceptors (Lipinski definition) is 2. The third-order valence-electron chi connectivity index (χ3n) is 2.05. The first-order valence-electron chi connectivity index (χ1n) is 6.50. The molecule has 0 spiro atoms. The Labute approximate surface area is 106 Å². The highest BCUT2D eigenvalue weighted by molar-refractivity contribution is 5.82. The van der Waals surface area contributed by atoms with Crippen LogP contribution in [0.4, 0.5) is 0 Å². The first-order chi connectivity index (χ1) is 7.95. The normalized spacial score (nSPS) is 12.5. The lowest BCUT2D eigenvalue weighted by Crippen LogP contribution is -2.22. The highest BCUT2D eigenvalue weighted by Gasteiger charge is 2.13. The van der Waals surface area contributed by atoms with Gasteiger partial charge in [-0.2, -0.15) is 0 Å². The Balaban J connectivity index is 3.54. The zero-order chi connectivity index (χ0) is 13.1. The van der Waals surface area contributed by atoms with Gasteiger partial charge in [0.1, 0.15) is 5.60 Å². The Morgan fingerprint density at radius 2 is 1.65 bits per heavy atom. The van der Waals surface area contributed by atoms with Crippen molar-refractivity contribution in [2.24, 2.45) is 0 Å². The van der Waals surface area contributed by atoms with Crippen molar-refractivity contribution in [1.82, 2.24) is 0 Å². The minimum absolute atomic E-state index is 0.247. The van der Waals surface area contributed by atoms with E-state index in [2.05, 4.69) is 19.1 Å². The molecule has 0 N–H and O–H groups in total. The van der Waals surface area contributed by atoms with Crippen molar-refractivity contribution < 1.29 is 9.53 Å². The van der Waals surface area contributed by atoms with E-state index < -0.39 is 5.60 Å². The smallest absolute Gasteiger partial charge is 0.330 e. The molecule has 0 atom stereocenters. The Morgan fingerprint density at radius 3 is 2.18 bits per heavy atom. The average molecular weight is 238 g/mol. The predicted octanol–water partition coefficient (Wildman–Crippen LogP) is 4.41. The van der Waals surface area contributed by atoms with Gasteiger partial charge in [-0.25, -0.2) is 4.79 Å². The Kier molecular flexibility index (Phi) is 8.47. The van der Waals surface area contributed by atoms with Crippen LogP contribution in [0.5, 0.6) is 0 Å². The molecule has 98 valence electrons. The molecular weight excluding hydrogens is 212 g/mol. The van der Waals surface area contributed by atoms with Gasteiger partial charge in [-0.05, 0) is 52.9 Å². The monoisotopic (exact) mass is 238 g/mol.